The van der Waals surface area contributed by atoms with Gasteiger partial charge in [0.25, 0.3) is 0 Å². The van der Waals surface area contributed by atoms with E-state index in [0.717, 1.165) is 38.2 Å². The molecule has 2 rings (SSSR count). The van der Waals surface area contributed by atoms with Crippen molar-refractivity contribution < 1.29 is 14.3 Å². The van der Waals surface area contributed by atoms with Gasteiger partial charge in [-0.1, -0.05) is 18.2 Å². The Morgan fingerprint density at radius 2 is 1.95 bits per heavy atom. The number of nitrogens with one attached hydrogen (secondary N) is 1. The molecule has 0 aromatic heterocycles. The molecular weight excluding hydrogens is 280 g/mol. The molecule has 0 radical (unpaired) electrons. The van der Waals surface area contributed by atoms with Crippen molar-refractivity contribution in [3.8, 4) is 5.75 Å². The molecule has 0 spiro atoms. The third-order valence-electron chi connectivity index (χ3n) is 3.93. The number of piperidine rings is 1. The van der Waals surface area contributed by atoms with Gasteiger partial charge in [0, 0.05) is 13.1 Å². The number of hydrogen-bond donors (Lipinski definition) is 1. The molecule has 1 heterocycles. The average molecular weight is 306 g/mol. The van der Waals surface area contributed by atoms with Crippen molar-refractivity contribution in [2.75, 3.05) is 46.5 Å². The number of carbonyl (C=O) groups excluding carboxylic acids is 1. The highest BCUT2D eigenvalue weighted by Crippen LogP contribution is 2.16. The minimum absolute atomic E-state index is 0.0858. The molecule has 0 unspecified atom stereocenters. The van der Waals surface area contributed by atoms with Crippen molar-refractivity contribution >= 4 is 5.91 Å². The van der Waals surface area contributed by atoms with Gasteiger partial charge in [-0.25, -0.2) is 0 Å². The third kappa shape index (κ3) is 5.66. The van der Waals surface area contributed by atoms with Gasteiger partial charge in [-0.15, -0.1) is 0 Å². The van der Waals surface area contributed by atoms with Crippen LogP contribution in [-0.2, 0) is 9.53 Å². The second-order valence-electron chi connectivity index (χ2n) is 5.60. The average Bonchev–Trinajstić information content (AvgIpc) is 2.56. The Hall–Kier alpha value is -1.59. The lowest BCUT2D eigenvalue weighted by Crippen LogP contribution is -2.42. The summed E-state index contributed by atoms with van der Waals surface area (Å²) in [6, 6.07) is 9.61. The normalized spacial score (nSPS) is 15.8. The van der Waals surface area contributed by atoms with Crippen LogP contribution in [0.15, 0.2) is 30.3 Å². The molecule has 22 heavy (non-hydrogen) atoms. The SMILES string of the molecule is CNCC1CCN(C(=O)COCCOc2ccccc2)CC1. The number of carbonyl (C=O) groups is 1. The van der Waals surface area contributed by atoms with E-state index in [4.69, 9.17) is 9.47 Å². The summed E-state index contributed by atoms with van der Waals surface area (Å²) in [4.78, 5) is 13.9. The van der Waals surface area contributed by atoms with Crippen molar-refractivity contribution in [2.24, 2.45) is 5.92 Å². The highest BCUT2D eigenvalue weighted by molar-refractivity contribution is 5.77. The van der Waals surface area contributed by atoms with E-state index in [0.29, 0.717) is 19.1 Å². The molecule has 0 atom stereocenters. The maximum absolute atomic E-state index is 12.0. The summed E-state index contributed by atoms with van der Waals surface area (Å²) in [7, 11) is 1.98. The number of hydrogen-bond acceptors (Lipinski definition) is 4. The van der Waals surface area contributed by atoms with E-state index in [2.05, 4.69) is 5.32 Å². The number of amides is 1. The summed E-state index contributed by atoms with van der Waals surface area (Å²) in [6.45, 7) is 3.76. The van der Waals surface area contributed by atoms with Crippen molar-refractivity contribution in [1.82, 2.24) is 10.2 Å². The van der Waals surface area contributed by atoms with Crippen LogP contribution in [0.25, 0.3) is 0 Å². The van der Waals surface area contributed by atoms with E-state index in [-0.39, 0.29) is 12.5 Å². The monoisotopic (exact) mass is 306 g/mol. The predicted molar refractivity (Wildman–Crippen MR) is 86.0 cm³/mol. The molecule has 1 aliphatic rings. The number of para-hydroxylation sites is 1. The summed E-state index contributed by atoms with van der Waals surface area (Å²) in [6.07, 6.45) is 2.15. The molecule has 5 heteroatoms. The predicted octanol–water partition coefficient (Wildman–Crippen LogP) is 1.54. The van der Waals surface area contributed by atoms with E-state index in [9.17, 15) is 4.79 Å². The summed E-state index contributed by atoms with van der Waals surface area (Å²) >= 11 is 0. The number of ether oxygens (including phenoxy) is 2. The topological polar surface area (TPSA) is 50.8 Å². The Morgan fingerprint density at radius 1 is 1.23 bits per heavy atom. The molecule has 0 aliphatic carbocycles. The Kier molecular flexibility index (Phi) is 7.19. The molecule has 0 bridgehead atoms. The highest BCUT2D eigenvalue weighted by atomic mass is 16.5. The van der Waals surface area contributed by atoms with Gasteiger partial charge in [0.05, 0.1) is 6.61 Å². The fourth-order valence-electron chi connectivity index (χ4n) is 2.66. The minimum Gasteiger partial charge on any atom is -0.491 e. The second-order valence-corrected chi connectivity index (χ2v) is 5.60. The fraction of sp³-hybridized carbons (Fsp3) is 0.588. The lowest BCUT2D eigenvalue weighted by Gasteiger charge is -2.31. The number of benzene rings is 1. The van der Waals surface area contributed by atoms with Crippen LogP contribution in [0.5, 0.6) is 5.75 Å². The van der Waals surface area contributed by atoms with Gasteiger partial charge in [0.1, 0.15) is 19.0 Å². The zero-order valence-electron chi connectivity index (χ0n) is 13.3. The van der Waals surface area contributed by atoms with Crippen LogP contribution in [0.3, 0.4) is 0 Å². The zero-order chi connectivity index (χ0) is 15.6. The second kappa shape index (κ2) is 9.43. The molecule has 0 saturated carbocycles. The van der Waals surface area contributed by atoms with Crippen molar-refractivity contribution in [1.29, 1.82) is 0 Å². The molecule has 1 aromatic carbocycles. The van der Waals surface area contributed by atoms with E-state index < -0.39 is 0 Å². The summed E-state index contributed by atoms with van der Waals surface area (Å²) in [5.41, 5.74) is 0. The van der Waals surface area contributed by atoms with Gasteiger partial charge in [-0.05, 0) is 44.5 Å². The standard InChI is InChI=1S/C17H26N2O3/c1-18-13-15-7-9-19(10-8-15)17(20)14-21-11-12-22-16-5-3-2-4-6-16/h2-6,15,18H,7-14H2,1H3. The van der Waals surface area contributed by atoms with Crippen LogP contribution in [0.2, 0.25) is 0 Å². The van der Waals surface area contributed by atoms with Crippen molar-refractivity contribution in [3.05, 3.63) is 30.3 Å². The molecule has 5 nitrogen and oxygen atoms in total. The molecule has 1 amide bonds. The quantitative estimate of drug-likeness (QED) is 0.740. The molecular formula is C17H26N2O3. The Labute approximate surface area is 132 Å². The van der Waals surface area contributed by atoms with Gasteiger partial charge in [-0.2, -0.15) is 0 Å². The van der Waals surface area contributed by atoms with Crippen LogP contribution >= 0.6 is 0 Å². The molecule has 1 saturated heterocycles. The molecule has 122 valence electrons. The lowest BCUT2D eigenvalue weighted by atomic mass is 9.97. The van der Waals surface area contributed by atoms with Crippen molar-refractivity contribution in [3.63, 3.8) is 0 Å². The van der Waals surface area contributed by atoms with E-state index in [1.807, 2.05) is 42.3 Å². The summed E-state index contributed by atoms with van der Waals surface area (Å²) < 4.78 is 10.9. The van der Waals surface area contributed by atoms with Crippen LogP contribution < -0.4 is 10.1 Å². The number of nitrogens with zero attached hydrogens (tertiary/aromatic N) is 1. The van der Waals surface area contributed by atoms with Crippen LogP contribution in [-0.4, -0.2) is 57.3 Å². The van der Waals surface area contributed by atoms with Crippen LogP contribution in [0.1, 0.15) is 12.8 Å². The third-order valence-corrected chi connectivity index (χ3v) is 3.93. The van der Waals surface area contributed by atoms with Crippen molar-refractivity contribution in [2.45, 2.75) is 12.8 Å². The Bertz CT molecular complexity index is 431. The van der Waals surface area contributed by atoms with Crippen LogP contribution in [0, 0.1) is 5.92 Å². The first kappa shape index (κ1) is 16.8. The first-order valence-electron chi connectivity index (χ1n) is 7.97. The number of rotatable bonds is 8. The maximum Gasteiger partial charge on any atom is 0.248 e. The first-order valence-corrected chi connectivity index (χ1v) is 7.97. The van der Waals surface area contributed by atoms with Gasteiger partial charge in [0.2, 0.25) is 5.91 Å². The highest BCUT2D eigenvalue weighted by Gasteiger charge is 2.22. The zero-order valence-corrected chi connectivity index (χ0v) is 13.3. The van der Waals surface area contributed by atoms with Gasteiger partial charge < -0.3 is 19.7 Å². The minimum atomic E-state index is 0.0858. The van der Waals surface area contributed by atoms with E-state index in [1.165, 1.54) is 0 Å². The Morgan fingerprint density at radius 3 is 2.64 bits per heavy atom. The smallest absolute Gasteiger partial charge is 0.248 e. The lowest BCUT2D eigenvalue weighted by molar-refractivity contribution is -0.137. The first-order chi connectivity index (χ1) is 10.8. The van der Waals surface area contributed by atoms with E-state index >= 15 is 0 Å². The van der Waals surface area contributed by atoms with E-state index in [1.54, 1.807) is 0 Å². The molecule has 1 aromatic rings. The summed E-state index contributed by atoms with van der Waals surface area (Å²) in [5.74, 6) is 1.60. The van der Waals surface area contributed by atoms with Gasteiger partial charge in [-0.3, -0.25) is 4.79 Å². The Balaban J connectivity index is 1.54. The molecule has 1 N–H and O–H groups in total. The van der Waals surface area contributed by atoms with Gasteiger partial charge >= 0.3 is 0 Å². The molecule has 1 fully saturated rings. The maximum atomic E-state index is 12.0. The number of likely N-dealkylation sites (tertiary alicyclic amines) is 1. The molecule has 1 aliphatic heterocycles. The van der Waals surface area contributed by atoms with Crippen LogP contribution in [0.4, 0.5) is 0 Å². The summed E-state index contributed by atoms with van der Waals surface area (Å²) in [5, 5.41) is 3.20. The fourth-order valence-corrected chi connectivity index (χ4v) is 2.66. The van der Waals surface area contributed by atoms with Gasteiger partial charge in [0.15, 0.2) is 0 Å². The largest absolute Gasteiger partial charge is 0.491 e.